The van der Waals surface area contributed by atoms with E-state index < -0.39 is 41.9 Å². The fourth-order valence-corrected chi connectivity index (χ4v) is 5.62. The summed E-state index contributed by atoms with van der Waals surface area (Å²) < 4.78 is 24.7. The van der Waals surface area contributed by atoms with E-state index in [4.69, 9.17) is 26.8 Å². The predicted octanol–water partition coefficient (Wildman–Crippen LogP) is 4.64. The molecular weight excluding hydrogens is 585 g/mol. The normalized spacial score (nSPS) is 18.0. The largest absolute Gasteiger partial charge is 0.490 e. The lowest BCUT2D eigenvalue weighted by molar-refractivity contribution is -0.128. The van der Waals surface area contributed by atoms with Gasteiger partial charge in [0.25, 0.3) is 0 Å². The number of hydrogen-bond acceptors (Lipinski definition) is 7. The third-order valence-electron chi connectivity index (χ3n) is 7.92. The van der Waals surface area contributed by atoms with Crippen LogP contribution in [0.25, 0.3) is 11.1 Å². The van der Waals surface area contributed by atoms with Gasteiger partial charge in [0.05, 0.1) is 19.3 Å². The first-order valence-corrected chi connectivity index (χ1v) is 14.8. The third kappa shape index (κ3) is 7.54. The van der Waals surface area contributed by atoms with Gasteiger partial charge in [-0.1, -0.05) is 54.1 Å². The first-order chi connectivity index (χ1) is 21.2. The van der Waals surface area contributed by atoms with Gasteiger partial charge in [0.1, 0.15) is 24.3 Å². The van der Waals surface area contributed by atoms with Gasteiger partial charge in [-0.05, 0) is 66.3 Å². The molecule has 0 fully saturated rings. The van der Waals surface area contributed by atoms with E-state index >= 15 is 0 Å². The van der Waals surface area contributed by atoms with Gasteiger partial charge >= 0.3 is 0 Å². The van der Waals surface area contributed by atoms with Crippen molar-refractivity contribution in [3.8, 4) is 22.8 Å². The summed E-state index contributed by atoms with van der Waals surface area (Å²) in [5.41, 5.74) is 10.4. The van der Waals surface area contributed by atoms with Crippen molar-refractivity contribution < 1.29 is 28.9 Å². The van der Waals surface area contributed by atoms with E-state index in [1.54, 1.807) is 31.5 Å². The standard InChI is InChI=1S/C34H35ClFN3O5/c1-43-32-13-10-23(18-38-32)21-8-6-20(7-9-21)14-28(37)29(40)16-24(15-22-4-2-3-5-27(22)35)34(42)39-33-26-17-25(36)11-12-31(26)44-19-30(33)41/h2-13,17-18,24,28-30,33,40-41H,14-16,19,37H2,1H3,(H,39,42). The average Bonchev–Trinajstić information content (AvgIpc) is 3.03. The predicted molar refractivity (Wildman–Crippen MR) is 166 cm³/mol. The van der Waals surface area contributed by atoms with Crippen LogP contribution in [0, 0.1) is 11.7 Å². The Morgan fingerprint density at radius 3 is 2.57 bits per heavy atom. The number of amides is 1. The number of hydrogen-bond donors (Lipinski definition) is 4. The van der Waals surface area contributed by atoms with Gasteiger partial charge in [-0.15, -0.1) is 0 Å². The van der Waals surface area contributed by atoms with E-state index in [-0.39, 0.29) is 19.4 Å². The van der Waals surface area contributed by atoms with Crippen LogP contribution >= 0.6 is 11.6 Å². The number of ether oxygens (including phenoxy) is 2. The first kappa shape index (κ1) is 31.4. The molecule has 1 aromatic heterocycles. The molecule has 0 radical (unpaired) electrons. The number of nitrogens with two attached hydrogens (primary N) is 1. The van der Waals surface area contributed by atoms with Crippen LogP contribution < -0.4 is 20.5 Å². The minimum absolute atomic E-state index is 0.0448. The topological polar surface area (TPSA) is 127 Å². The lowest BCUT2D eigenvalue weighted by atomic mass is 9.88. The number of nitrogens with one attached hydrogen (secondary N) is 1. The second-order valence-electron chi connectivity index (χ2n) is 11.0. The zero-order valence-electron chi connectivity index (χ0n) is 24.2. The quantitative estimate of drug-likeness (QED) is 0.193. The summed E-state index contributed by atoms with van der Waals surface area (Å²) in [6.45, 7) is -0.0555. The van der Waals surface area contributed by atoms with Crippen molar-refractivity contribution in [2.75, 3.05) is 13.7 Å². The summed E-state index contributed by atoms with van der Waals surface area (Å²) in [5, 5.41) is 25.2. The summed E-state index contributed by atoms with van der Waals surface area (Å²) in [5.74, 6) is -0.748. The number of aliphatic hydroxyl groups excluding tert-OH is 2. The van der Waals surface area contributed by atoms with E-state index in [2.05, 4.69) is 10.3 Å². The number of carbonyl (C=O) groups is 1. The van der Waals surface area contributed by atoms with Crippen molar-refractivity contribution in [2.45, 2.75) is 43.6 Å². The maximum absolute atomic E-state index is 14.1. The average molecular weight is 620 g/mol. The Kier molecular flexibility index (Phi) is 10.1. The molecule has 8 nitrogen and oxygen atoms in total. The Morgan fingerprint density at radius 1 is 1.11 bits per heavy atom. The number of aliphatic hydroxyl groups is 2. The lowest BCUT2D eigenvalue weighted by Crippen LogP contribution is -2.46. The molecular formula is C34H35ClFN3O5. The van der Waals surface area contributed by atoms with Gasteiger partial charge < -0.3 is 30.7 Å². The van der Waals surface area contributed by atoms with Crippen molar-refractivity contribution in [3.05, 3.63) is 113 Å². The van der Waals surface area contributed by atoms with E-state index in [1.807, 2.05) is 42.5 Å². The van der Waals surface area contributed by atoms with Gasteiger partial charge in [0, 0.05) is 40.4 Å². The van der Waals surface area contributed by atoms with Crippen molar-refractivity contribution in [2.24, 2.45) is 11.7 Å². The van der Waals surface area contributed by atoms with Crippen LogP contribution in [-0.2, 0) is 17.6 Å². The smallest absolute Gasteiger partial charge is 0.224 e. The van der Waals surface area contributed by atoms with Crippen molar-refractivity contribution in [3.63, 3.8) is 0 Å². The number of halogens is 2. The monoisotopic (exact) mass is 619 g/mol. The van der Waals surface area contributed by atoms with Crippen molar-refractivity contribution in [1.82, 2.24) is 10.3 Å². The highest BCUT2D eigenvalue weighted by atomic mass is 35.5. The Bertz CT molecular complexity index is 1570. The maximum atomic E-state index is 14.1. The number of benzene rings is 3. The minimum atomic E-state index is -1.09. The molecule has 44 heavy (non-hydrogen) atoms. The highest BCUT2D eigenvalue weighted by molar-refractivity contribution is 6.31. The zero-order valence-corrected chi connectivity index (χ0v) is 25.0. The first-order valence-electron chi connectivity index (χ1n) is 14.4. The Hall–Kier alpha value is -4.02. The van der Waals surface area contributed by atoms with Gasteiger partial charge in [0.2, 0.25) is 11.8 Å². The van der Waals surface area contributed by atoms with Crippen LogP contribution in [0.1, 0.15) is 29.2 Å². The Morgan fingerprint density at radius 2 is 1.86 bits per heavy atom. The van der Waals surface area contributed by atoms with Crippen molar-refractivity contribution in [1.29, 1.82) is 0 Å². The molecule has 1 aliphatic rings. The summed E-state index contributed by atoms with van der Waals surface area (Å²) in [4.78, 5) is 18.0. The number of carbonyl (C=O) groups excluding carboxylic acids is 1. The molecule has 1 aliphatic heterocycles. The van der Waals surface area contributed by atoms with E-state index in [0.29, 0.717) is 28.6 Å². The third-order valence-corrected chi connectivity index (χ3v) is 8.29. The molecule has 230 valence electrons. The number of methoxy groups -OCH3 is 1. The maximum Gasteiger partial charge on any atom is 0.224 e. The fraction of sp³-hybridized carbons (Fsp3) is 0.294. The van der Waals surface area contributed by atoms with Crippen LogP contribution in [0.2, 0.25) is 5.02 Å². The number of fused-ring (bicyclic) bond motifs is 1. The molecule has 0 saturated heterocycles. The SMILES string of the molecule is COc1ccc(-c2ccc(CC(N)C(O)CC(Cc3ccccc3Cl)C(=O)NC3c4cc(F)ccc4OCC3O)cc2)cn1. The van der Waals surface area contributed by atoms with Crippen LogP contribution in [-0.4, -0.2) is 53.1 Å². The van der Waals surface area contributed by atoms with Gasteiger partial charge in [-0.2, -0.15) is 0 Å². The second kappa shape index (κ2) is 14.2. The van der Waals surface area contributed by atoms with Gasteiger partial charge in [-0.3, -0.25) is 4.79 Å². The van der Waals surface area contributed by atoms with Crippen molar-refractivity contribution >= 4 is 17.5 Å². The lowest BCUT2D eigenvalue weighted by Gasteiger charge is -2.33. The fourth-order valence-electron chi connectivity index (χ4n) is 5.41. The molecule has 3 aromatic carbocycles. The van der Waals surface area contributed by atoms with Gasteiger partial charge in [0.15, 0.2) is 0 Å². The highest BCUT2D eigenvalue weighted by Crippen LogP contribution is 2.34. The Balaban J connectivity index is 1.29. The molecule has 0 aliphatic carbocycles. The molecule has 0 saturated carbocycles. The van der Waals surface area contributed by atoms with Crippen LogP contribution in [0.15, 0.2) is 85.1 Å². The summed E-state index contributed by atoms with van der Waals surface area (Å²) in [6, 6.07) is 21.2. The van der Waals surface area contributed by atoms with Crippen LogP contribution in [0.4, 0.5) is 4.39 Å². The summed E-state index contributed by atoms with van der Waals surface area (Å²) in [7, 11) is 1.57. The molecule has 0 bridgehead atoms. The Labute approximate surface area is 260 Å². The van der Waals surface area contributed by atoms with Crippen LogP contribution in [0.3, 0.4) is 0 Å². The molecule has 2 heterocycles. The summed E-state index contributed by atoms with van der Waals surface area (Å²) >= 11 is 6.42. The van der Waals surface area contributed by atoms with E-state index in [1.165, 1.54) is 18.2 Å². The van der Waals surface area contributed by atoms with E-state index in [9.17, 15) is 19.4 Å². The molecule has 5 unspecified atom stereocenters. The molecule has 5 N–H and O–H groups in total. The van der Waals surface area contributed by atoms with Gasteiger partial charge in [-0.25, -0.2) is 9.37 Å². The molecule has 1 amide bonds. The zero-order chi connectivity index (χ0) is 31.2. The molecule has 0 spiro atoms. The van der Waals surface area contributed by atoms with E-state index in [0.717, 1.165) is 22.3 Å². The number of aromatic nitrogens is 1. The molecule has 5 rings (SSSR count). The highest BCUT2D eigenvalue weighted by Gasteiger charge is 2.34. The minimum Gasteiger partial charge on any atom is -0.490 e. The summed E-state index contributed by atoms with van der Waals surface area (Å²) in [6.07, 6.45) is 0.287. The number of nitrogens with zero attached hydrogens (tertiary/aromatic N) is 1. The second-order valence-corrected chi connectivity index (χ2v) is 11.4. The number of pyridine rings is 1. The van der Waals surface area contributed by atoms with Crippen LogP contribution in [0.5, 0.6) is 11.6 Å². The molecule has 4 aromatic rings. The molecule has 5 atom stereocenters. The molecule has 10 heteroatoms. The number of rotatable bonds is 11.